The van der Waals surface area contributed by atoms with E-state index < -0.39 is 0 Å². The molecule has 0 saturated heterocycles. The number of aromatic nitrogens is 2. The lowest BCUT2D eigenvalue weighted by molar-refractivity contribution is 0.394. The Labute approximate surface area is 142 Å². The molecular weight excluding hydrogens is 403 g/mol. The molecule has 0 saturated carbocycles. The third-order valence-electron chi connectivity index (χ3n) is 3.22. The Balaban J connectivity index is 2.61. The second-order valence-corrected chi connectivity index (χ2v) is 6.50. The molecule has 1 heterocycles. The second-order valence-electron chi connectivity index (χ2n) is 4.90. The smallest absolute Gasteiger partial charge is 0.161 e. The summed E-state index contributed by atoms with van der Waals surface area (Å²) in [6.07, 6.45) is 1.71. The average molecular weight is 421 g/mol. The van der Waals surface area contributed by atoms with Crippen LogP contribution in [-0.4, -0.2) is 16.9 Å². The zero-order chi connectivity index (χ0) is 15.6. The number of nitrogens with two attached hydrogens (primary N) is 1. The van der Waals surface area contributed by atoms with Crippen molar-refractivity contribution in [2.45, 2.75) is 25.9 Å². The van der Waals surface area contributed by atoms with E-state index in [0.717, 1.165) is 14.8 Å². The Kier molecular flexibility index (Phi) is 5.48. The highest BCUT2D eigenvalue weighted by molar-refractivity contribution is 14.1. The molecule has 7 heteroatoms. The predicted molar refractivity (Wildman–Crippen MR) is 92.5 cm³/mol. The van der Waals surface area contributed by atoms with Crippen LogP contribution in [0.1, 0.15) is 37.2 Å². The first-order valence-corrected chi connectivity index (χ1v) is 7.97. The molecule has 1 aromatic heterocycles. The highest BCUT2D eigenvalue weighted by Crippen LogP contribution is 2.34. The van der Waals surface area contributed by atoms with Crippen LogP contribution in [0.3, 0.4) is 0 Å². The van der Waals surface area contributed by atoms with Gasteiger partial charge in [-0.1, -0.05) is 11.6 Å². The van der Waals surface area contributed by atoms with Gasteiger partial charge in [0.25, 0.3) is 0 Å². The van der Waals surface area contributed by atoms with Gasteiger partial charge in [0.05, 0.1) is 19.3 Å². The average Bonchev–Trinajstić information content (AvgIpc) is 2.87. The fourth-order valence-corrected chi connectivity index (χ4v) is 3.08. The molecule has 0 aliphatic heterocycles. The van der Waals surface area contributed by atoms with Crippen molar-refractivity contribution in [2.75, 3.05) is 7.11 Å². The highest BCUT2D eigenvalue weighted by atomic mass is 127. The maximum Gasteiger partial charge on any atom is 0.161 e. The van der Waals surface area contributed by atoms with Gasteiger partial charge in [-0.3, -0.25) is 10.5 Å². The van der Waals surface area contributed by atoms with Gasteiger partial charge in [0, 0.05) is 14.6 Å². The number of hydrogen-bond acceptors (Lipinski definition) is 4. The third-order valence-corrected chi connectivity index (χ3v) is 4.43. The number of hydrogen-bond donors (Lipinski definition) is 2. The molecule has 0 radical (unpaired) electrons. The number of methoxy groups -OCH3 is 1. The fourth-order valence-electron chi connectivity index (χ4n) is 2.25. The van der Waals surface area contributed by atoms with Gasteiger partial charge in [-0.05, 0) is 60.2 Å². The number of ether oxygens (including phenoxy) is 1. The molecule has 0 amide bonds. The first kappa shape index (κ1) is 16.5. The van der Waals surface area contributed by atoms with Crippen LogP contribution in [-0.2, 0) is 0 Å². The summed E-state index contributed by atoms with van der Waals surface area (Å²) in [6, 6.07) is 5.67. The topological polar surface area (TPSA) is 65.1 Å². The van der Waals surface area contributed by atoms with E-state index in [1.807, 2.05) is 22.9 Å². The maximum absolute atomic E-state index is 6.13. The summed E-state index contributed by atoms with van der Waals surface area (Å²) >= 11 is 8.40. The Morgan fingerprint density at radius 2 is 2.14 bits per heavy atom. The van der Waals surface area contributed by atoms with Crippen molar-refractivity contribution in [3.8, 4) is 5.75 Å². The minimum Gasteiger partial charge on any atom is -0.493 e. The zero-order valence-electron chi connectivity index (χ0n) is 12.1. The summed E-state index contributed by atoms with van der Waals surface area (Å²) in [4.78, 5) is 0. The molecule has 2 rings (SSSR count). The van der Waals surface area contributed by atoms with Gasteiger partial charge < -0.3 is 4.74 Å². The molecule has 0 aliphatic carbocycles. The first-order chi connectivity index (χ1) is 9.99. The minimum absolute atomic E-state index is 0.191. The number of rotatable bonds is 5. The van der Waals surface area contributed by atoms with Crippen LogP contribution in [0.4, 0.5) is 0 Å². The highest BCUT2D eigenvalue weighted by Gasteiger charge is 2.25. The van der Waals surface area contributed by atoms with E-state index >= 15 is 0 Å². The van der Waals surface area contributed by atoms with E-state index in [9.17, 15) is 0 Å². The molecule has 114 valence electrons. The summed E-state index contributed by atoms with van der Waals surface area (Å²) < 4.78 is 8.41. The molecular formula is C14H18ClIN4O. The summed E-state index contributed by atoms with van der Waals surface area (Å²) in [6.45, 7) is 4.12. The van der Waals surface area contributed by atoms with Crippen molar-refractivity contribution >= 4 is 34.2 Å². The van der Waals surface area contributed by atoms with Gasteiger partial charge in [0.1, 0.15) is 5.69 Å². The normalized spacial score (nSPS) is 12.7. The Bertz CT molecular complexity index is 629. The Morgan fingerprint density at radius 3 is 2.71 bits per heavy atom. The van der Waals surface area contributed by atoms with Crippen LogP contribution in [0, 0.1) is 3.57 Å². The summed E-state index contributed by atoms with van der Waals surface area (Å²) in [5.74, 6) is 6.51. The number of halogens is 2. The third kappa shape index (κ3) is 3.33. The van der Waals surface area contributed by atoms with Gasteiger partial charge in [0.15, 0.2) is 5.75 Å². The van der Waals surface area contributed by atoms with Crippen LogP contribution in [0.2, 0.25) is 5.02 Å². The zero-order valence-corrected chi connectivity index (χ0v) is 15.0. The molecule has 2 aromatic rings. The number of hydrazine groups is 1. The van der Waals surface area contributed by atoms with Crippen molar-refractivity contribution in [1.29, 1.82) is 0 Å². The van der Waals surface area contributed by atoms with Crippen molar-refractivity contribution in [1.82, 2.24) is 15.2 Å². The maximum atomic E-state index is 6.13. The largest absolute Gasteiger partial charge is 0.493 e. The van der Waals surface area contributed by atoms with Crippen LogP contribution in [0.5, 0.6) is 5.75 Å². The second kappa shape index (κ2) is 6.95. The molecule has 0 spiro atoms. The Hall–Kier alpha value is -0.830. The van der Waals surface area contributed by atoms with E-state index in [1.165, 1.54) is 0 Å². The summed E-state index contributed by atoms with van der Waals surface area (Å²) in [5, 5.41) is 5.06. The van der Waals surface area contributed by atoms with Crippen molar-refractivity contribution in [3.05, 3.63) is 44.2 Å². The molecule has 3 N–H and O–H groups in total. The van der Waals surface area contributed by atoms with E-state index in [1.54, 1.807) is 13.3 Å². The first-order valence-electron chi connectivity index (χ1n) is 6.52. The van der Waals surface area contributed by atoms with Crippen molar-refractivity contribution in [2.24, 2.45) is 5.84 Å². The van der Waals surface area contributed by atoms with Gasteiger partial charge >= 0.3 is 0 Å². The molecule has 21 heavy (non-hydrogen) atoms. The van der Waals surface area contributed by atoms with Crippen LogP contribution in [0.25, 0.3) is 0 Å². The molecule has 1 atom stereocenters. The summed E-state index contributed by atoms with van der Waals surface area (Å²) in [7, 11) is 1.63. The standard InChI is InChI=1S/C14H18ClIN4O/c1-8(2)20-14(12(21-3)7-18-20)13(19-17)10-6-9(15)4-5-11(10)16/h4-8,13,19H,17H2,1-3H3. The van der Waals surface area contributed by atoms with Crippen molar-refractivity contribution in [3.63, 3.8) is 0 Å². The van der Waals surface area contributed by atoms with E-state index in [2.05, 4.69) is 47.0 Å². The van der Waals surface area contributed by atoms with Gasteiger partial charge in [-0.15, -0.1) is 0 Å². The van der Waals surface area contributed by atoms with Crippen molar-refractivity contribution < 1.29 is 4.74 Å². The molecule has 0 aliphatic rings. The SMILES string of the molecule is COc1cnn(C(C)C)c1C(NN)c1cc(Cl)ccc1I. The van der Waals surface area contributed by atoms with Gasteiger partial charge in [-0.25, -0.2) is 5.43 Å². The minimum atomic E-state index is -0.254. The number of benzene rings is 1. The van der Waals surface area contributed by atoms with Crippen LogP contribution >= 0.6 is 34.2 Å². The molecule has 1 unspecified atom stereocenters. The lowest BCUT2D eigenvalue weighted by Gasteiger charge is -2.22. The lowest BCUT2D eigenvalue weighted by atomic mass is 10.0. The summed E-state index contributed by atoms with van der Waals surface area (Å²) in [5.41, 5.74) is 4.73. The van der Waals surface area contributed by atoms with Gasteiger partial charge in [0.2, 0.25) is 0 Å². The lowest BCUT2D eigenvalue weighted by Crippen LogP contribution is -2.32. The fraction of sp³-hybridized carbons (Fsp3) is 0.357. The molecule has 5 nitrogen and oxygen atoms in total. The van der Waals surface area contributed by atoms with E-state index in [-0.39, 0.29) is 12.1 Å². The monoisotopic (exact) mass is 420 g/mol. The Morgan fingerprint density at radius 1 is 1.43 bits per heavy atom. The number of nitrogens with zero attached hydrogens (tertiary/aromatic N) is 2. The van der Waals surface area contributed by atoms with E-state index in [4.69, 9.17) is 22.2 Å². The predicted octanol–water partition coefficient (Wildman–Crippen LogP) is 3.28. The van der Waals surface area contributed by atoms with Crippen LogP contribution in [0.15, 0.2) is 24.4 Å². The van der Waals surface area contributed by atoms with E-state index in [0.29, 0.717) is 10.8 Å². The molecule has 1 aromatic carbocycles. The van der Waals surface area contributed by atoms with Gasteiger partial charge in [-0.2, -0.15) is 5.10 Å². The number of nitrogens with one attached hydrogen (secondary N) is 1. The quantitative estimate of drug-likeness (QED) is 0.443. The molecule has 0 fully saturated rings. The van der Waals surface area contributed by atoms with Crippen LogP contribution < -0.4 is 16.0 Å². The molecule has 0 bridgehead atoms.